The molecule has 0 radical (unpaired) electrons. The quantitative estimate of drug-likeness (QED) is 0.566. The molecule has 3 aromatic rings. The molecule has 1 aliphatic heterocycles. The van der Waals surface area contributed by atoms with Crippen LogP contribution in [0.2, 0.25) is 0 Å². The Bertz CT molecular complexity index is 1190. The molecule has 0 N–H and O–H groups in total. The summed E-state index contributed by atoms with van der Waals surface area (Å²) < 4.78 is 36.3. The van der Waals surface area contributed by atoms with E-state index in [1.165, 1.54) is 12.8 Å². The summed E-state index contributed by atoms with van der Waals surface area (Å²) in [7, 11) is 0. The van der Waals surface area contributed by atoms with Crippen molar-refractivity contribution < 1.29 is 13.5 Å². The highest BCUT2D eigenvalue weighted by Gasteiger charge is 2.38. The number of nitrogens with zero attached hydrogens (tertiary/aromatic N) is 6. The van der Waals surface area contributed by atoms with Crippen molar-refractivity contribution in [2.24, 2.45) is 0 Å². The van der Waals surface area contributed by atoms with Gasteiger partial charge in [0.15, 0.2) is 5.65 Å². The van der Waals surface area contributed by atoms with E-state index in [0.29, 0.717) is 35.3 Å². The highest BCUT2D eigenvalue weighted by atomic mass is 19.2. The van der Waals surface area contributed by atoms with E-state index in [0.717, 1.165) is 29.8 Å². The zero-order valence-corrected chi connectivity index (χ0v) is 18.9. The van der Waals surface area contributed by atoms with Gasteiger partial charge in [0.25, 0.3) is 0 Å². The van der Waals surface area contributed by atoms with Gasteiger partial charge in [-0.15, -0.1) is 0 Å². The van der Waals surface area contributed by atoms with Crippen LogP contribution in [0.1, 0.15) is 91.0 Å². The monoisotopic (exact) mass is 454 g/mol. The first-order valence-corrected chi connectivity index (χ1v) is 11.9. The summed E-state index contributed by atoms with van der Waals surface area (Å²) in [6.45, 7) is 4.38. The molecule has 5 atom stereocenters. The van der Waals surface area contributed by atoms with Crippen LogP contribution in [0.25, 0.3) is 11.2 Å². The normalized spacial score (nSPS) is 30.2. The molecule has 7 nitrogen and oxygen atoms in total. The van der Waals surface area contributed by atoms with Gasteiger partial charge in [0.05, 0.1) is 35.4 Å². The third-order valence-corrected chi connectivity index (χ3v) is 7.35. The van der Waals surface area contributed by atoms with E-state index in [2.05, 4.69) is 21.3 Å². The Hall–Kier alpha value is -2.55. The van der Waals surface area contributed by atoms with Crippen LogP contribution in [-0.4, -0.2) is 48.7 Å². The molecule has 0 spiro atoms. The minimum absolute atomic E-state index is 0.0678. The van der Waals surface area contributed by atoms with Crippen LogP contribution in [-0.2, 0) is 4.74 Å². The van der Waals surface area contributed by atoms with E-state index in [-0.39, 0.29) is 30.8 Å². The standard InChI is InChI=1S/C24H28F2N6O/c1-12-13(2)29-24-22(28-12)21(15-7-18(25)19(26)8-15)30-23(31-24)14-5-6-33-20(9-14)16-10-27-32(11-16)17-3-4-17/h10-11,14-15,17-20H,3-9H2,1-2H3/t14-,15?,18-,19+,20+/m0/s1. The summed E-state index contributed by atoms with van der Waals surface area (Å²) in [6.07, 6.45) is 5.15. The van der Waals surface area contributed by atoms with Crippen molar-refractivity contribution in [3.63, 3.8) is 0 Å². The number of aryl methyl sites for hydroxylation is 2. The Labute approximate surface area is 191 Å². The molecule has 2 saturated carbocycles. The molecule has 3 aliphatic rings. The number of alkyl halides is 2. The van der Waals surface area contributed by atoms with E-state index < -0.39 is 12.3 Å². The molecule has 1 unspecified atom stereocenters. The lowest BCUT2D eigenvalue weighted by Crippen LogP contribution is -2.21. The third-order valence-electron chi connectivity index (χ3n) is 7.35. The third kappa shape index (κ3) is 3.90. The minimum Gasteiger partial charge on any atom is -0.373 e. The molecule has 0 bridgehead atoms. The van der Waals surface area contributed by atoms with Gasteiger partial charge in [0.1, 0.15) is 23.7 Å². The second-order valence-electron chi connectivity index (χ2n) is 9.80. The lowest BCUT2D eigenvalue weighted by molar-refractivity contribution is 0.00391. The Morgan fingerprint density at radius 2 is 1.67 bits per heavy atom. The van der Waals surface area contributed by atoms with Crippen LogP contribution in [0.15, 0.2) is 12.4 Å². The summed E-state index contributed by atoms with van der Waals surface area (Å²) in [5, 5.41) is 4.51. The van der Waals surface area contributed by atoms with Crippen LogP contribution >= 0.6 is 0 Å². The maximum Gasteiger partial charge on any atom is 0.182 e. The molecule has 4 heterocycles. The lowest BCUT2D eigenvalue weighted by Gasteiger charge is -2.28. The molecular formula is C24H28F2N6O. The molecule has 6 rings (SSSR count). The van der Waals surface area contributed by atoms with Crippen LogP contribution in [0.3, 0.4) is 0 Å². The second-order valence-corrected chi connectivity index (χ2v) is 9.80. The number of ether oxygens (including phenoxy) is 1. The van der Waals surface area contributed by atoms with Crippen molar-refractivity contribution in [3.05, 3.63) is 40.9 Å². The predicted molar refractivity (Wildman–Crippen MR) is 118 cm³/mol. The first-order valence-electron chi connectivity index (χ1n) is 11.9. The van der Waals surface area contributed by atoms with Crippen LogP contribution in [0.4, 0.5) is 8.78 Å². The Morgan fingerprint density at radius 1 is 0.909 bits per heavy atom. The SMILES string of the molecule is Cc1nc2nc([C@H]3CCO[C@@H](c4cnn(C5CC5)c4)C3)nc(C3C[C@@H](F)[C@@H](F)C3)c2nc1C. The number of fused-ring (bicyclic) bond motifs is 1. The molecule has 3 aromatic heterocycles. The molecule has 174 valence electrons. The predicted octanol–water partition coefficient (Wildman–Crippen LogP) is 4.76. The van der Waals surface area contributed by atoms with Crippen molar-refractivity contribution in [1.82, 2.24) is 29.7 Å². The maximum absolute atomic E-state index is 14.1. The molecule has 0 amide bonds. The molecular weight excluding hydrogens is 426 g/mol. The topological polar surface area (TPSA) is 78.6 Å². The van der Waals surface area contributed by atoms with Gasteiger partial charge >= 0.3 is 0 Å². The summed E-state index contributed by atoms with van der Waals surface area (Å²) in [6, 6.07) is 0.528. The number of hydrogen-bond donors (Lipinski definition) is 0. The Morgan fingerprint density at radius 3 is 2.42 bits per heavy atom. The fourth-order valence-electron chi connectivity index (χ4n) is 5.10. The van der Waals surface area contributed by atoms with Crippen molar-refractivity contribution in [1.29, 1.82) is 0 Å². The summed E-state index contributed by atoms with van der Waals surface area (Å²) in [4.78, 5) is 19.0. The van der Waals surface area contributed by atoms with Gasteiger partial charge in [-0.05, 0) is 52.4 Å². The van der Waals surface area contributed by atoms with E-state index in [9.17, 15) is 8.78 Å². The van der Waals surface area contributed by atoms with Crippen molar-refractivity contribution in [3.8, 4) is 0 Å². The van der Waals surface area contributed by atoms with Crippen LogP contribution < -0.4 is 0 Å². The Kier molecular flexibility index (Phi) is 5.12. The van der Waals surface area contributed by atoms with E-state index in [1.54, 1.807) is 0 Å². The zero-order chi connectivity index (χ0) is 22.7. The van der Waals surface area contributed by atoms with Gasteiger partial charge in [-0.2, -0.15) is 5.10 Å². The van der Waals surface area contributed by atoms with Crippen LogP contribution in [0.5, 0.6) is 0 Å². The highest BCUT2D eigenvalue weighted by molar-refractivity contribution is 5.73. The van der Waals surface area contributed by atoms with Gasteiger partial charge in [-0.1, -0.05) is 0 Å². The summed E-state index contributed by atoms with van der Waals surface area (Å²) in [5.74, 6) is 0.432. The largest absolute Gasteiger partial charge is 0.373 e. The van der Waals surface area contributed by atoms with Gasteiger partial charge < -0.3 is 4.74 Å². The zero-order valence-electron chi connectivity index (χ0n) is 18.9. The Balaban J connectivity index is 1.35. The minimum atomic E-state index is -1.46. The smallest absolute Gasteiger partial charge is 0.182 e. The first-order chi connectivity index (χ1) is 16.0. The summed E-state index contributed by atoms with van der Waals surface area (Å²) >= 11 is 0. The lowest BCUT2D eigenvalue weighted by atomic mass is 9.91. The number of rotatable bonds is 4. The van der Waals surface area contributed by atoms with Crippen molar-refractivity contribution in [2.45, 2.75) is 88.7 Å². The second kappa shape index (κ2) is 8.04. The van der Waals surface area contributed by atoms with Crippen LogP contribution in [0, 0.1) is 13.8 Å². The molecule has 0 aromatic carbocycles. The number of halogens is 2. The fourth-order valence-corrected chi connectivity index (χ4v) is 5.10. The molecule has 9 heteroatoms. The van der Waals surface area contributed by atoms with Gasteiger partial charge in [0.2, 0.25) is 0 Å². The first kappa shape index (κ1) is 21.0. The average Bonchev–Trinajstić information content (AvgIpc) is 3.44. The van der Waals surface area contributed by atoms with E-state index >= 15 is 0 Å². The van der Waals surface area contributed by atoms with Gasteiger partial charge in [0, 0.05) is 30.2 Å². The maximum atomic E-state index is 14.1. The number of hydrogen-bond acceptors (Lipinski definition) is 6. The van der Waals surface area contributed by atoms with Crippen molar-refractivity contribution >= 4 is 11.2 Å². The van der Waals surface area contributed by atoms with E-state index in [4.69, 9.17) is 14.7 Å². The highest BCUT2D eigenvalue weighted by Crippen LogP contribution is 2.42. The molecule has 3 fully saturated rings. The molecule has 33 heavy (non-hydrogen) atoms. The van der Waals surface area contributed by atoms with Gasteiger partial charge in [-0.25, -0.2) is 28.7 Å². The van der Waals surface area contributed by atoms with Crippen molar-refractivity contribution in [2.75, 3.05) is 6.61 Å². The van der Waals surface area contributed by atoms with E-state index in [1.807, 2.05) is 24.7 Å². The number of aromatic nitrogens is 6. The summed E-state index contributed by atoms with van der Waals surface area (Å²) in [5.41, 5.74) is 4.38. The molecule has 1 saturated heterocycles. The van der Waals surface area contributed by atoms with Gasteiger partial charge in [-0.3, -0.25) is 4.68 Å². The average molecular weight is 455 g/mol. The fraction of sp³-hybridized carbons (Fsp3) is 0.625. The molecule has 2 aliphatic carbocycles.